The van der Waals surface area contributed by atoms with Gasteiger partial charge in [0, 0.05) is 18.1 Å². The molecule has 0 radical (unpaired) electrons. The smallest absolute Gasteiger partial charge is 0.0280 e. The van der Waals surface area contributed by atoms with Gasteiger partial charge in [-0.3, -0.25) is 0 Å². The van der Waals surface area contributed by atoms with Crippen LogP contribution in [0.25, 0.3) is 0 Å². The van der Waals surface area contributed by atoms with Crippen molar-refractivity contribution in [3.05, 3.63) is 0 Å². The summed E-state index contributed by atoms with van der Waals surface area (Å²) in [5, 5.41) is 3.67. The molecule has 1 saturated carbocycles. The third-order valence-electron chi connectivity index (χ3n) is 3.62. The Morgan fingerprint density at radius 3 is 2.50 bits per heavy atom. The van der Waals surface area contributed by atoms with E-state index in [1.165, 1.54) is 32.1 Å². The standard InChI is InChI=1S/C12H26N2/c1-4-10(2)14-12(3,9-13)8-11-6-5-7-11/h10-11,14H,4-9,13H2,1-3H3. The molecular formula is C12H26N2. The molecule has 1 aliphatic carbocycles. The lowest BCUT2D eigenvalue weighted by molar-refractivity contribution is 0.195. The van der Waals surface area contributed by atoms with Crippen LogP contribution in [0, 0.1) is 5.92 Å². The first-order valence-corrected chi connectivity index (χ1v) is 6.07. The Balaban J connectivity index is 2.38. The van der Waals surface area contributed by atoms with E-state index in [1.807, 2.05) is 0 Å². The zero-order valence-electron chi connectivity index (χ0n) is 9.97. The van der Waals surface area contributed by atoms with E-state index in [9.17, 15) is 0 Å². The van der Waals surface area contributed by atoms with E-state index in [-0.39, 0.29) is 5.54 Å². The quantitative estimate of drug-likeness (QED) is 0.687. The Bertz CT molecular complexity index is 157. The van der Waals surface area contributed by atoms with Crippen LogP contribution in [0.15, 0.2) is 0 Å². The van der Waals surface area contributed by atoms with Crippen LogP contribution < -0.4 is 11.1 Å². The molecule has 0 aromatic carbocycles. The van der Waals surface area contributed by atoms with Crippen LogP contribution in [0.4, 0.5) is 0 Å². The number of rotatable bonds is 6. The molecule has 2 heteroatoms. The van der Waals surface area contributed by atoms with Gasteiger partial charge < -0.3 is 11.1 Å². The molecule has 1 aliphatic rings. The first-order valence-electron chi connectivity index (χ1n) is 6.07. The molecule has 2 nitrogen and oxygen atoms in total. The van der Waals surface area contributed by atoms with Crippen LogP contribution in [0.5, 0.6) is 0 Å². The van der Waals surface area contributed by atoms with Crippen LogP contribution in [-0.2, 0) is 0 Å². The second kappa shape index (κ2) is 5.13. The number of hydrogen-bond donors (Lipinski definition) is 2. The van der Waals surface area contributed by atoms with E-state index in [2.05, 4.69) is 26.1 Å². The Morgan fingerprint density at radius 1 is 1.50 bits per heavy atom. The average molecular weight is 198 g/mol. The van der Waals surface area contributed by atoms with Crippen molar-refractivity contribution < 1.29 is 0 Å². The predicted molar refractivity (Wildman–Crippen MR) is 62.3 cm³/mol. The van der Waals surface area contributed by atoms with E-state index in [4.69, 9.17) is 5.73 Å². The summed E-state index contributed by atoms with van der Waals surface area (Å²) < 4.78 is 0. The van der Waals surface area contributed by atoms with Crippen molar-refractivity contribution in [2.45, 2.75) is 64.5 Å². The maximum atomic E-state index is 5.87. The zero-order valence-corrected chi connectivity index (χ0v) is 9.97. The highest BCUT2D eigenvalue weighted by Gasteiger charge is 2.30. The van der Waals surface area contributed by atoms with Crippen molar-refractivity contribution in [2.24, 2.45) is 11.7 Å². The number of nitrogens with one attached hydrogen (secondary N) is 1. The van der Waals surface area contributed by atoms with Crippen LogP contribution in [0.1, 0.15) is 52.9 Å². The summed E-state index contributed by atoms with van der Waals surface area (Å²) >= 11 is 0. The number of nitrogens with two attached hydrogens (primary N) is 1. The second-order valence-electron chi connectivity index (χ2n) is 5.22. The number of hydrogen-bond acceptors (Lipinski definition) is 2. The van der Waals surface area contributed by atoms with Gasteiger partial charge >= 0.3 is 0 Å². The molecule has 2 unspecified atom stereocenters. The van der Waals surface area contributed by atoms with Crippen molar-refractivity contribution in [3.8, 4) is 0 Å². The lowest BCUT2D eigenvalue weighted by atomic mass is 9.76. The molecule has 2 atom stereocenters. The third kappa shape index (κ3) is 3.25. The topological polar surface area (TPSA) is 38.0 Å². The molecule has 14 heavy (non-hydrogen) atoms. The summed E-state index contributed by atoms with van der Waals surface area (Å²) in [6.07, 6.45) is 6.69. The zero-order chi connectivity index (χ0) is 10.6. The van der Waals surface area contributed by atoms with Crippen LogP contribution in [-0.4, -0.2) is 18.1 Å². The lowest BCUT2D eigenvalue weighted by Gasteiger charge is -2.38. The minimum atomic E-state index is 0.167. The van der Waals surface area contributed by atoms with Crippen LogP contribution in [0.2, 0.25) is 0 Å². The summed E-state index contributed by atoms with van der Waals surface area (Å²) in [5.41, 5.74) is 6.04. The molecule has 0 spiro atoms. The summed E-state index contributed by atoms with van der Waals surface area (Å²) in [6.45, 7) is 7.50. The predicted octanol–water partition coefficient (Wildman–Crippen LogP) is 2.28. The van der Waals surface area contributed by atoms with E-state index in [0.29, 0.717) is 6.04 Å². The molecule has 1 rings (SSSR count). The molecule has 0 heterocycles. The van der Waals surface area contributed by atoms with Gasteiger partial charge in [0.1, 0.15) is 0 Å². The molecule has 0 aromatic rings. The van der Waals surface area contributed by atoms with E-state index < -0.39 is 0 Å². The van der Waals surface area contributed by atoms with Gasteiger partial charge in [0.2, 0.25) is 0 Å². The molecule has 0 aromatic heterocycles. The molecular weight excluding hydrogens is 172 g/mol. The maximum Gasteiger partial charge on any atom is 0.0280 e. The first-order chi connectivity index (χ1) is 6.59. The monoisotopic (exact) mass is 198 g/mol. The van der Waals surface area contributed by atoms with Crippen molar-refractivity contribution in [1.29, 1.82) is 0 Å². The highest BCUT2D eigenvalue weighted by Crippen LogP contribution is 2.33. The molecule has 0 amide bonds. The van der Waals surface area contributed by atoms with E-state index >= 15 is 0 Å². The van der Waals surface area contributed by atoms with Crippen molar-refractivity contribution >= 4 is 0 Å². The van der Waals surface area contributed by atoms with Gasteiger partial charge in [0.25, 0.3) is 0 Å². The van der Waals surface area contributed by atoms with Crippen LogP contribution in [0.3, 0.4) is 0 Å². The van der Waals surface area contributed by atoms with E-state index in [0.717, 1.165) is 12.5 Å². The summed E-state index contributed by atoms with van der Waals surface area (Å²) in [5.74, 6) is 0.931. The lowest BCUT2D eigenvalue weighted by Crippen LogP contribution is -2.53. The van der Waals surface area contributed by atoms with Crippen molar-refractivity contribution in [2.75, 3.05) is 6.54 Å². The summed E-state index contributed by atoms with van der Waals surface area (Å²) in [6, 6.07) is 0.587. The minimum absolute atomic E-state index is 0.167. The fraction of sp³-hybridized carbons (Fsp3) is 1.00. The molecule has 0 saturated heterocycles. The van der Waals surface area contributed by atoms with Gasteiger partial charge in [0.15, 0.2) is 0 Å². The van der Waals surface area contributed by atoms with Gasteiger partial charge in [-0.05, 0) is 32.6 Å². The largest absolute Gasteiger partial charge is 0.329 e. The fourth-order valence-corrected chi connectivity index (χ4v) is 2.23. The van der Waals surface area contributed by atoms with E-state index in [1.54, 1.807) is 0 Å². The van der Waals surface area contributed by atoms with Gasteiger partial charge in [-0.15, -0.1) is 0 Å². The Kier molecular flexibility index (Phi) is 4.39. The van der Waals surface area contributed by atoms with Gasteiger partial charge in [-0.1, -0.05) is 26.2 Å². The summed E-state index contributed by atoms with van der Waals surface area (Å²) in [7, 11) is 0. The fourth-order valence-electron chi connectivity index (χ4n) is 2.23. The second-order valence-corrected chi connectivity index (χ2v) is 5.22. The molecule has 84 valence electrons. The molecule has 1 fully saturated rings. The van der Waals surface area contributed by atoms with Gasteiger partial charge in [-0.25, -0.2) is 0 Å². The minimum Gasteiger partial charge on any atom is -0.329 e. The molecule has 0 aliphatic heterocycles. The highest BCUT2D eigenvalue weighted by atomic mass is 15.0. The average Bonchev–Trinajstić information content (AvgIpc) is 2.11. The third-order valence-corrected chi connectivity index (χ3v) is 3.62. The van der Waals surface area contributed by atoms with Crippen molar-refractivity contribution in [3.63, 3.8) is 0 Å². The first kappa shape index (κ1) is 12.0. The Labute approximate surface area is 88.6 Å². The highest BCUT2D eigenvalue weighted by molar-refractivity contribution is 4.90. The molecule has 3 N–H and O–H groups in total. The Hall–Kier alpha value is -0.0800. The molecule has 0 bridgehead atoms. The maximum absolute atomic E-state index is 5.87. The van der Waals surface area contributed by atoms with Crippen LogP contribution >= 0.6 is 0 Å². The van der Waals surface area contributed by atoms with Gasteiger partial charge in [0.05, 0.1) is 0 Å². The SMILES string of the molecule is CCC(C)NC(C)(CN)CC1CCC1. The normalized spacial score (nSPS) is 24.0. The summed E-state index contributed by atoms with van der Waals surface area (Å²) in [4.78, 5) is 0. The van der Waals surface area contributed by atoms with Crippen molar-refractivity contribution in [1.82, 2.24) is 5.32 Å². The van der Waals surface area contributed by atoms with Gasteiger partial charge in [-0.2, -0.15) is 0 Å². The Morgan fingerprint density at radius 2 is 2.14 bits per heavy atom.